The van der Waals surface area contributed by atoms with Gasteiger partial charge in [0.05, 0.1) is 12.1 Å². The molecule has 15 heavy (non-hydrogen) atoms. The maximum absolute atomic E-state index is 13.4. The van der Waals surface area contributed by atoms with Gasteiger partial charge in [0.1, 0.15) is 11.2 Å². The Hall–Kier alpha value is -1.15. The van der Waals surface area contributed by atoms with Crippen LogP contribution in [0.25, 0.3) is 0 Å². The van der Waals surface area contributed by atoms with Crippen molar-refractivity contribution in [3.63, 3.8) is 0 Å². The highest BCUT2D eigenvalue weighted by Gasteiger charge is 2.46. The first-order valence-corrected chi connectivity index (χ1v) is 4.95. The quantitative estimate of drug-likeness (QED) is 0.702. The highest BCUT2D eigenvalue weighted by molar-refractivity contribution is 5.80. The summed E-state index contributed by atoms with van der Waals surface area (Å²) < 4.78 is 13.4. The van der Waals surface area contributed by atoms with Gasteiger partial charge < -0.3 is 5.73 Å². The van der Waals surface area contributed by atoms with E-state index in [1.165, 1.54) is 13.8 Å². The summed E-state index contributed by atoms with van der Waals surface area (Å²) in [5.74, 6) is -0.609. The van der Waals surface area contributed by atoms with Crippen LogP contribution in [-0.4, -0.2) is 23.2 Å². The van der Waals surface area contributed by atoms with Crippen LogP contribution in [0.4, 0.5) is 4.39 Å². The largest absolute Gasteiger partial charge is 0.368 e. The fourth-order valence-corrected chi connectivity index (χ4v) is 1.46. The summed E-state index contributed by atoms with van der Waals surface area (Å²) in [5.41, 5.74) is 3.03. The fraction of sp³-hybridized carbons (Fsp3) is 0.800. The molecule has 0 saturated heterocycles. The number of hydrogen-bond acceptors (Lipinski definition) is 3. The molecule has 0 spiro atoms. The molecule has 0 unspecified atom stereocenters. The molecule has 1 amide bonds. The lowest BCUT2D eigenvalue weighted by atomic mass is 9.99. The summed E-state index contributed by atoms with van der Waals surface area (Å²) in [4.78, 5) is 11.1. The van der Waals surface area contributed by atoms with Crippen LogP contribution >= 0.6 is 0 Å². The van der Waals surface area contributed by atoms with Crippen molar-refractivity contribution in [3.05, 3.63) is 0 Å². The number of carbonyl (C=O) groups is 1. The molecule has 84 valence electrons. The van der Waals surface area contributed by atoms with E-state index in [4.69, 9.17) is 11.0 Å². The molecule has 1 rings (SSSR count). The Bertz CT molecular complexity index is 299. The van der Waals surface area contributed by atoms with Gasteiger partial charge in [-0.2, -0.15) is 5.26 Å². The summed E-state index contributed by atoms with van der Waals surface area (Å²) >= 11 is 0. The number of primary amides is 1. The molecule has 1 aliphatic carbocycles. The van der Waals surface area contributed by atoms with Gasteiger partial charge in [-0.15, -0.1) is 0 Å². The third-order valence-corrected chi connectivity index (χ3v) is 2.45. The number of nitrogens with two attached hydrogens (primary N) is 1. The van der Waals surface area contributed by atoms with Crippen LogP contribution in [0.3, 0.4) is 0 Å². The molecule has 5 heteroatoms. The standard InChI is InChI=1S/C10H16FN3O/c1-9(2,11)5-7(8(13)15)14-10(6-12)3-4-10/h7,14H,3-5H2,1-2H3,(H2,13,15)/t7-/m0/s1. The number of nitriles is 1. The summed E-state index contributed by atoms with van der Waals surface area (Å²) in [7, 11) is 0. The van der Waals surface area contributed by atoms with E-state index in [9.17, 15) is 9.18 Å². The predicted molar refractivity (Wildman–Crippen MR) is 53.5 cm³/mol. The molecule has 0 aliphatic heterocycles. The number of carbonyl (C=O) groups excluding carboxylic acids is 1. The van der Waals surface area contributed by atoms with Crippen molar-refractivity contribution in [2.45, 2.75) is 50.4 Å². The molecule has 1 atom stereocenters. The minimum Gasteiger partial charge on any atom is -0.368 e. The van der Waals surface area contributed by atoms with Gasteiger partial charge in [-0.1, -0.05) is 0 Å². The highest BCUT2D eigenvalue weighted by Crippen LogP contribution is 2.35. The molecule has 0 aromatic rings. The number of nitrogens with zero attached hydrogens (tertiary/aromatic N) is 1. The zero-order valence-corrected chi connectivity index (χ0v) is 9.01. The van der Waals surface area contributed by atoms with Crippen molar-refractivity contribution >= 4 is 5.91 Å². The van der Waals surface area contributed by atoms with Gasteiger partial charge in [-0.3, -0.25) is 10.1 Å². The SMILES string of the molecule is CC(C)(F)C[C@H](NC1(C#N)CC1)C(N)=O. The van der Waals surface area contributed by atoms with E-state index in [-0.39, 0.29) is 6.42 Å². The fourth-order valence-electron chi connectivity index (χ4n) is 1.46. The number of nitrogens with one attached hydrogen (secondary N) is 1. The monoisotopic (exact) mass is 213 g/mol. The predicted octanol–water partition coefficient (Wildman–Crippen LogP) is 0.624. The van der Waals surface area contributed by atoms with Gasteiger partial charge in [0, 0.05) is 6.42 Å². The van der Waals surface area contributed by atoms with Crippen molar-refractivity contribution in [3.8, 4) is 6.07 Å². The maximum Gasteiger partial charge on any atom is 0.234 e. The molecule has 4 nitrogen and oxygen atoms in total. The van der Waals surface area contributed by atoms with E-state index in [1.807, 2.05) is 0 Å². The maximum atomic E-state index is 13.4. The second-order valence-electron chi connectivity index (χ2n) is 4.72. The topological polar surface area (TPSA) is 78.9 Å². The van der Waals surface area contributed by atoms with E-state index in [0.29, 0.717) is 12.8 Å². The van der Waals surface area contributed by atoms with Crippen molar-refractivity contribution in [1.29, 1.82) is 5.26 Å². The van der Waals surface area contributed by atoms with Gasteiger partial charge in [-0.05, 0) is 26.7 Å². The van der Waals surface area contributed by atoms with Crippen molar-refractivity contribution in [1.82, 2.24) is 5.32 Å². The number of rotatable bonds is 5. The van der Waals surface area contributed by atoms with Crippen LogP contribution in [0.1, 0.15) is 33.1 Å². The third kappa shape index (κ3) is 3.48. The zero-order valence-electron chi connectivity index (χ0n) is 9.01. The summed E-state index contributed by atoms with van der Waals surface area (Å²) in [5, 5.41) is 11.7. The number of amides is 1. The molecular weight excluding hydrogens is 197 g/mol. The van der Waals surface area contributed by atoms with Gasteiger partial charge >= 0.3 is 0 Å². The second-order valence-corrected chi connectivity index (χ2v) is 4.72. The first-order chi connectivity index (χ1) is 6.78. The molecule has 1 fully saturated rings. The molecule has 3 N–H and O–H groups in total. The van der Waals surface area contributed by atoms with E-state index in [0.717, 1.165) is 0 Å². The Morgan fingerprint density at radius 3 is 2.53 bits per heavy atom. The van der Waals surface area contributed by atoms with Gasteiger partial charge in [-0.25, -0.2) is 4.39 Å². The summed E-state index contributed by atoms with van der Waals surface area (Å²) in [6.45, 7) is 2.77. The van der Waals surface area contributed by atoms with Gasteiger partial charge in [0.25, 0.3) is 0 Å². The number of alkyl halides is 1. The van der Waals surface area contributed by atoms with E-state index in [1.54, 1.807) is 0 Å². The molecule has 1 saturated carbocycles. The Balaban J connectivity index is 2.60. The second kappa shape index (κ2) is 3.78. The number of halogens is 1. The Labute approximate surface area is 88.6 Å². The van der Waals surface area contributed by atoms with Crippen LogP contribution in [0, 0.1) is 11.3 Å². The summed E-state index contributed by atoms with van der Waals surface area (Å²) in [6.07, 6.45) is 1.38. The molecule has 0 heterocycles. The van der Waals surface area contributed by atoms with Crippen molar-refractivity contribution < 1.29 is 9.18 Å². The smallest absolute Gasteiger partial charge is 0.234 e. The first-order valence-electron chi connectivity index (χ1n) is 4.95. The van der Waals surface area contributed by atoms with Gasteiger partial charge in [0.2, 0.25) is 5.91 Å². The minimum absolute atomic E-state index is 0.00817. The molecular formula is C10H16FN3O. The average Bonchev–Trinajstić information content (AvgIpc) is 2.82. The Morgan fingerprint density at radius 2 is 2.27 bits per heavy atom. The summed E-state index contributed by atoms with van der Waals surface area (Å²) in [6, 6.07) is 1.31. The molecule has 0 bridgehead atoms. The van der Waals surface area contributed by atoms with Gasteiger partial charge in [0.15, 0.2) is 0 Å². The minimum atomic E-state index is -1.47. The molecule has 0 radical (unpaired) electrons. The zero-order chi connectivity index (χ0) is 11.7. The Morgan fingerprint density at radius 1 is 1.73 bits per heavy atom. The lowest BCUT2D eigenvalue weighted by molar-refractivity contribution is -0.121. The van der Waals surface area contributed by atoms with E-state index < -0.39 is 23.2 Å². The Kier molecular flexibility index (Phi) is 3.00. The molecule has 1 aliphatic rings. The van der Waals surface area contributed by atoms with Crippen LogP contribution in [0.5, 0.6) is 0 Å². The lowest BCUT2D eigenvalue weighted by Crippen LogP contribution is -2.49. The van der Waals surface area contributed by atoms with E-state index >= 15 is 0 Å². The van der Waals surface area contributed by atoms with Crippen LogP contribution < -0.4 is 11.1 Å². The third-order valence-electron chi connectivity index (χ3n) is 2.45. The van der Waals surface area contributed by atoms with Crippen molar-refractivity contribution in [2.24, 2.45) is 5.73 Å². The molecule has 0 aromatic heterocycles. The first kappa shape index (κ1) is 11.9. The lowest BCUT2D eigenvalue weighted by Gasteiger charge is -2.23. The van der Waals surface area contributed by atoms with Crippen molar-refractivity contribution in [2.75, 3.05) is 0 Å². The van der Waals surface area contributed by atoms with E-state index in [2.05, 4.69) is 11.4 Å². The van der Waals surface area contributed by atoms with Crippen LogP contribution in [-0.2, 0) is 4.79 Å². The number of hydrogen-bond donors (Lipinski definition) is 2. The normalized spacial score (nSPS) is 20.4. The molecule has 0 aromatic carbocycles. The van der Waals surface area contributed by atoms with Crippen LogP contribution in [0.2, 0.25) is 0 Å². The average molecular weight is 213 g/mol. The van der Waals surface area contributed by atoms with Crippen LogP contribution in [0.15, 0.2) is 0 Å². The highest BCUT2D eigenvalue weighted by atomic mass is 19.1.